The van der Waals surface area contributed by atoms with E-state index in [4.69, 9.17) is 15.2 Å². The molecule has 1 aliphatic rings. The Morgan fingerprint density at radius 2 is 1.59 bits per heavy atom. The molecule has 0 aromatic heterocycles. The van der Waals surface area contributed by atoms with Crippen LogP contribution in [-0.4, -0.2) is 77.7 Å². The lowest BCUT2D eigenvalue weighted by atomic mass is 9.92. The molecule has 12 nitrogen and oxygen atoms in total. The van der Waals surface area contributed by atoms with Crippen LogP contribution in [0.5, 0.6) is 17.2 Å². The van der Waals surface area contributed by atoms with Crippen molar-refractivity contribution < 1.29 is 43.3 Å². The molecule has 3 unspecified atom stereocenters. The van der Waals surface area contributed by atoms with Gasteiger partial charge in [-0.15, -0.1) is 0 Å². The number of amides is 3. The maximum absolute atomic E-state index is 13.8. The summed E-state index contributed by atoms with van der Waals surface area (Å²) in [6.07, 6.45) is 1.21. The van der Waals surface area contributed by atoms with Gasteiger partial charge >= 0.3 is 5.97 Å². The van der Waals surface area contributed by atoms with Crippen molar-refractivity contribution in [1.29, 1.82) is 0 Å². The number of hydrogen-bond acceptors (Lipinski definition) is 8. The summed E-state index contributed by atoms with van der Waals surface area (Å²) in [4.78, 5) is 52.9. The molecule has 3 aromatic rings. The summed E-state index contributed by atoms with van der Waals surface area (Å²) in [5, 5.41) is 24.9. The minimum absolute atomic E-state index is 0.0282. The van der Waals surface area contributed by atoms with Crippen molar-refractivity contribution in [3.05, 3.63) is 88.7 Å². The number of carboxylic acids is 1. The quantitative estimate of drug-likeness (QED) is 0.159. The lowest BCUT2D eigenvalue weighted by molar-refractivity contribution is -0.142. The van der Waals surface area contributed by atoms with Gasteiger partial charge in [0.15, 0.2) is 0 Å². The number of unbranched alkanes of at least 4 members (excludes halogenated alkanes) is 1. The second-order valence-corrected chi connectivity index (χ2v) is 11.3. The molecule has 13 heteroatoms. The topological polar surface area (TPSA) is 181 Å². The predicted octanol–water partition coefficient (Wildman–Crippen LogP) is 3.57. The van der Waals surface area contributed by atoms with Crippen LogP contribution in [0.4, 0.5) is 4.39 Å². The summed E-state index contributed by atoms with van der Waals surface area (Å²) in [5.74, 6) is -2.63. The lowest BCUT2D eigenvalue weighted by Gasteiger charge is -2.37. The molecule has 1 aliphatic heterocycles. The highest BCUT2D eigenvalue weighted by Gasteiger charge is 2.37. The number of fused-ring (bicyclic) bond motifs is 1. The first-order valence-corrected chi connectivity index (χ1v) is 16.2. The number of rotatable bonds is 14. The number of methoxy groups -OCH3 is 2. The smallest absolute Gasteiger partial charge is 0.326 e. The minimum atomic E-state index is -1.21. The monoisotopic (exact) mass is 680 g/mol. The summed E-state index contributed by atoms with van der Waals surface area (Å²) in [7, 11) is 2.86. The lowest BCUT2D eigenvalue weighted by Crippen LogP contribution is -2.56. The number of carbonyl (C=O) groups is 4. The van der Waals surface area contributed by atoms with Gasteiger partial charge in [0.2, 0.25) is 11.8 Å². The van der Waals surface area contributed by atoms with Gasteiger partial charge in [-0.05, 0) is 54.7 Å². The van der Waals surface area contributed by atoms with Crippen LogP contribution in [-0.2, 0) is 33.8 Å². The van der Waals surface area contributed by atoms with Crippen LogP contribution in [0.15, 0.2) is 60.7 Å². The van der Waals surface area contributed by atoms with Crippen LogP contribution in [0.1, 0.15) is 60.2 Å². The van der Waals surface area contributed by atoms with Gasteiger partial charge in [-0.2, -0.15) is 0 Å². The average Bonchev–Trinajstić information content (AvgIpc) is 3.11. The van der Waals surface area contributed by atoms with Crippen LogP contribution in [0.3, 0.4) is 0 Å². The summed E-state index contributed by atoms with van der Waals surface area (Å²) in [6, 6.07) is 12.1. The maximum Gasteiger partial charge on any atom is 0.326 e. The fraction of sp³-hybridized carbons (Fsp3) is 0.389. The second kappa shape index (κ2) is 18.4. The molecular formula is C36H45FN4O8. The molecule has 0 aliphatic carbocycles. The number of carboxylic acid groups (broad SMARTS) is 1. The highest BCUT2D eigenvalue weighted by atomic mass is 19.1. The van der Waals surface area contributed by atoms with Gasteiger partial charge in [0.25, 0.3) is 5.91 Å². The van der Waals surface area contributed by atoms with Gasteiger partial charge in [0.1, 0.15) is 35.1 Å². The third-order valence-electron chi connectivity index (χ3n) is 8.10. The first-order valence-electron chi connectivity index (χ1n) is 16.2. The summed E-state index contributed by atoms with van der Waals surface area (Å²) in [5.41, 5.74) is 8.91. The molecule has 4 rings (SSSR count). The highest BCUT2D eigenvalue weighted by Crippen LogP contribution is 2.35. The highest BCUT2D eigenvalue weighted by molar-refractivity contribution is 5.96. The molecule has 1 heterocycles. The average molecular weight is 681 g/mol. The number of aliphatic carboxylic acids is 1. The molecule has 3 aromatic carbocycles. The molecular weight excluding hydrogens is 635 g/mol. The SMILES string of the molecule is CC.COc1cc(O)cc(OC)c1CC(N)C(=O)N1Cc2ccccc2CC1C(=O)NCCCCC(NC(=O)c1ccc(F)cc1)C(=O)O. The Hall–Kier alpha value is -5.17. The largest absolute Gasteiger partial charge is 0.508 e. The minimum Gasteiger partial charge on any atom is -0.508 e. The van der Waals surface area contributed by atoms with Gasteiger partial charge < -0.3 is 41.0 Å². The van der Waals surface area contributed by atoms with E-state index in [1.54, 1.807) is 0 Å². The van der Waals surface area contributed by atoms with E-state index in [0.29, 0.717) is 29.9 Å². The Kier molecular flexibility index (Phi) is 14.4. The van der Waals surface area contributed by atoms with Crippen molar-refractivity contribution in [2.75, 3.05) is 20.8 Å². The molecule has 0 saturated heterocycles. The Morgan fingerprint density at radius 1 is 0.980 bits per heavy atom. The third-order valence-corrected chi connectivity index (χ3v) is 8.10. The number of aromatic hydroxyl groups is 1. The number of benzene rings is 3. The van der Waals surface area contributed by atoms with Gasteiger partial charge in [0, 0.05) is 49.2 Å². The van der Waals surface area contributed by atoms with Crippen molar-refractivity contribution in [2.45, 2.75) is 70.6 Å². The van der Waals surface area contributed by atoms with Crippen LogP contribution in [0.2, 0.25) is 0 Å². The number of carbonyl (C=O) groups excluding carboxylic acids is 3. The summed E-state index contributed by atoms with van der Waals surface area (Å²) >= 11 is 0. The van der Waals surface area contributed by atoms with Gasteiger partial charge in [0.05, 0.1) is 20.3 Å². The molecule has 3 atom stereocenters. The van der Waals surface area contributed by atoms with E-state index in [2.05, 4.69) is 10.6 Å². The van der Waals surface area contributed by atoms with E-state index in [9.17, 15) is 33.8 Å². The van der Waals surface area contributed by atoms with Crippen molar-refractivity contribution in [1.82, 2.24) is 15.5 Å². The number of nitrogens with one attached hydrogen (secondary N) is 2. The summed E-state index contributed by atoms with van der Waals surface area (Å²) < 4.78 is 23.9. The number of ether oxygens (including phenoxy) is 2. The van der Waals surface area contributed by atoms with Crippen molar-refractivity contribution in [2.24, 2.45) is 5.73 Å². The molecule has 0 spiro atoms. The van der Waals surface area contributed by atoms with Gasteiger partial charge in [-0.3, -0.25) is 14.4 Å². The van der Waals surface area contributed by atoms with Gasteiger partial charge in [-0.25, -0.2) is 9.18 Å². The molecule has 0 saturated carbocycles. The van der Waals surface area contributed by atoms with E-state index in [0.717, 1.165) is 23.3 Å². The summed E-state index contributed by atoms with van der Waals surface area (Å²) in [6.45, 7) is 4.39. The molecule has 6 N–H and O–H groups in total. The van der Waals surface area contributed by atoms with Crippen LogP contribution in [0.25, 0.3) is 0 Å². The van der Waals surface area contributed by atoms with E-state index in [-0.39, 0.29) is 49.6 Å². The predicted molar refractivity (Wildman–Crippen MR) is 181 cm³/mol. The molecule has 0 fully saturated rings. The second-order valence-electron chi connectivity index (χ2n) is 11.3. The number of hydrogen-bond donors (Lipinski definition) is 5. The zero-order valence-corrected chi connectivity index (χ0v) is 28.2. The fourth-order valence-corrected chi connectivity index (χ4v) is 5.58. The van der Waals surface area contributed by atoms with Crippen molar-refractivity contribution in [3.63, 3.8) is 0 Å². The van der Waals surface area contributed by atoms with E-state index in [1.165, 1.54) is 43.4 Å². The van der Waals surface area contributed by atoms with Crippen LogP contribution < -0.4 is 25.8 Å². The molecule has 3 amide bonds. The van der Waals surface area contributed by atoms with Crippen molar-refractivity contribution in [3.8, 4) is 17.2 Å². The van der Waals surface area contributed by atoms with E-state index in [1.807, 2.05) is 38.1 Å². The Bertz CT molecular complexity index is 1580. The standard InChI is InChI=1S/C34H39FN4O8.C2H6/c1-46-29-16-24(40)17-30(47-2)25(29)18-26(36)33(43)39-19-22-8-4-3-7-21(22)15-28(39)32(42)37-14-6-5-9-27(34(44)45)38-31(41)20-10-12-23(35)13-11-20;1-2/h3-4,7-8,10-13,16-17,26-28,40H,5-6,9,14-15,18-19,36H2,1-2H3,(H,37,42)(H,38,41)(H,44,45);1-2H3. The Morgan fingerprint density at radius 3 is 2.18 bits per heavy atom. The van der Waals surface area contributed by atoms with Crippen molar-refractivity contribution >= 4 is 23.7 Å². The third kappa shape index (κ3) is 10.2. The van der Waals surface area contributed by atoms with Gasteiger partial charge in [-0.1, -0.05) is 38.1 Å². The fourth-order valence-electron chi connectivity index (χ4n) is 5.58. The first-order chi connectivity index (χ1) is 23.5. The van der Waals surface area contributed by atoms with E-state index < -0.39 is 41.7 Å². The number of nitrogens with two attached hydrogens (primary N) is 1. The zero-order chi connectivity index (χ0) is 36.1. The molecule has 0 bridgehead atoms. The Labute approximate surface area is 285 Å². The van der Waals surface area contributed by atoms with Crippen LogP contribution >= 0.6 is 0 Å². The number of nitrogens with zero attached hydrogens (tertiary/aromatic N) is 1. The number of phenolic OH excluding ortho intramolecular Hbond substituents is 1. The Balaban J connectivity index is 0.00000319. The normalized spacial score (nSPS) is 14.7. The number of halogens is 1. The van der Waals surface area contributed by atoms with E-state index >= 15 is 0 Å². The number of phenols is 1. The molecule has 49 heavy (non-hydrogen) atoms. The van der Waals surface area contributed by atoms with Crippen LogP contribution in [0, 0.1) is 5.82 Å². The molecule has 0 radical (unpaired) electrons. The maximum atomic E-state index is 13.8. The molecule has 264 valence electrons. The zero-order valence-electron chi connectivity index (χ0n) is 28.2. The first kappa shape index (κ1) is 38.3.